The summed E-state index contributed by atoms with van der Waals surface area (Å²) in [7, 11) is 3.38. The fraction of sp³-hybridized carbons (Fsp3) is 0.286. The van der Waals surface area contributed by atoms with Crippen LogP contribution in [0, 0.1) is 0 Å². The molecule has 0 amide bonds. The van der Waals surface area contributed by atoms with E-state index in [0.29, 0.717) is 0 Å². The highest BCUT2D eigenvalue weighted by molar-refractivity contribution is 5.77. The molecule has 25 heavy (non-hydrogen) atoms. The maximum absolute atomic E-state index is 5.30. The number of aryl methyl sites for hydroxylation is 2. The van der Waals surface area contributed by atoms with Crippen molar-refractivity contribution >= 4 is 0 Å². The molecule has 0 N–H and O–H groups in total. The number of hydrogen-bond acceptors (Lipinski definition) is 2. The first-order chi connectivity index (χ1) is 12.2. The van der Waals surface area contributed by atoms with E-state index in [-0.39, 0.29) is 0 Å². The SMILES string of the molecule is CCn1c[n+](CC)c(-c2ccc(OC)cc2)c1-c1ccc(OC)cc1. The van der Waals surface area contributed by atoms with Crippen LogP contribution in [-0.4, -0.2) is 18.8 Å². The predicted molar refractivity (Wildman–Crippen MR) is 100.0 cm³/mol. The molecule has 0 saturated carbocycles. The largest absolute Gasteiger partial charge is 0.497 e. The lowest BCUT2D eigenvalue weighted by atomic mass is 10.0. The van der Waals surface area contributed by atoms with Crippen LogP contribution in [0.4, 0.5) is 0 Å². The van der Waals surface area contributed by atoms with Gasteiger partial charge in [0.15, 0.2) is 11.4 Å². The Kier molecular flexibility index (Phi) is 5.08. The molecule has 0 fully saturated rings. The molecule has 130 valence electrons. The number of ether oxygens (including phenoxy) is 2. The number of aromatic nitrogens is 2. The zero-order valence-corrected chi connectivity index (χ0v) is 15.3. The van der Waals surface area contributed by atoms with Crippen LogP contribution in [0.1, 0.15) is 13.8 Å². The van der Waals surface area contributed by atoms with Crippen LogP contribution >= 0.6 is 0 Å². The Bertz CT molecular complexity index is 764. The maximum Gasteiger partial charge on any atom is 0.244 e. The fourth-order valence-corrected chi connectivity index (χ4v) is 3.14. The summed E-state index contributed by atoms with van der Waals surface area (Å²) in [5.41, 5.74) is 4.80. The van der Waals surface area contributed by atoms with Crippen molar-refractivity contribution in [2.24, 2.45) is 0 Å². The average molecular weight is 337 g/mol. The molecular weight excluding hydrogens is 312 g/mol. The minimum atomic E-state index is 0.868. The van der Waals surface area contributed by atoms with E-state index >= 15 is 0 Å². The molecule has 0 bridgehead atoms. The van der Waals surface area contributed by atoms with Crippen LogP contribution in [0.3, 0.4) is 0 Å². The molecule has 1 heterocycles. The molecule has 0 radical (unpaired) electrons. The van der Waals surface area contributed by atoms with Gasteiger partial charge in [-0.05, 0) is 62.4 Å². The highest BCUT2D eigenvalue weighted by Crippen LogP contribution is 2.32. The monoisotopic (exact) mass is 337 g/mol. The second kappa shape index (κ2) is 7.43. The number of rotatable bonds is 6. The molecule has 0 aliphatic heterocycles. The first-order valence-electron chi connectivity index (χ1n) is 8.63. The van der Waals surface area contributed by atoms with Crippen molar-refractivity contribution in [3.63, 3.8) is 0 Å². The summed E-state index contributed by atoms with van der Waals surface area (Å²) in [4.78, 5) is 0. The van der Waals surface area contributed by atoms with E-state index in [0.717, 1.165) is 24.6 Å². The van der Waals surface area contributed by atoms with Crippen molar-refractivity contribution < 1.29 is 14.0 Å². The second-order valence-electron chi connectivity index (χ2n) is 5.84. The molecule has 0 aliphatic rings. The number of benzene rings is 2. The molecule has 3 aromatic rings. The third-order valence-corrected chi connectivity index (χ3v) is 4.49. The normalized spacial score (nSPS) is 10.7. The Morgan fingerprint density at radius 1 is 0.800 bits per heavy atom. The topological polar surface area (TPSA) is 27.3 Å². The summed E-state index contributed by atoms with van der Waals surface area (Å²) >= 11 is 0. The van der Waals surface area contributed by atoms with E-state index in [1.807, 2.05) is 24.3 Å². The van der Waals surface area contributed by atoms with E-state index in [2.05, 4.69) is 53.6 Å². The molecule has 0 unspecified atom stereocenters. The van der Waals surface area contributed by atoms with E-state index < -0.39 is 0 Å². The van der Waals surface area contributed by atoms with Crippen molar-refractivity contribution in [1.82, 2.24) is 4.57 Å². The Morgan fingerprint density at radius 2 is 1.32 bits per heavy atom. The maximum atomic E-state index is 5.30. The van der Waals surface area contributed by atoms with Gasteiger partial charge in [0.25, 0.3) is 0 Å². The minimum Gasteiger partial charge on any atom is -0.497 e. The van der Waals surface area contributed by atoms with Gasteiger partial charge in [0, 0.05) is 11.1 Å². The van der Waals surface area contributed by atoms with E-state index in [4.69, 9.17) is 9.47 Å². The molecule has 4 heteroatoms. The summed E-state index contributed by atoms with van der Waals surface area (Å²) in [6.07, 6.45) is 2.19. The van der Waals surface area contributed by atoms with Crippen molar-refractivity contribution in [1.29, 1.82) is 0 Å². The van der Waals surface area contributed by atoms with Crippen LogP contribution in [0.5, 0.6) is 11.5 Å². The van der Waals surface area contributed by atoms with Gasteiger partial charge in [-0.3, -0.25) is 0 Å². The van der Waals surface area contributed by atoms with Gasteiger partial charge in [0.05, 0.1) is 27.3 Å². The highest BCUT2D eigenvalue weighted by Gasteiger charge is 2.24. The average Bonchev–Trinajstić information content (AvgIpc) is 3.06. The van der Waals surface area contributed by atoms with Crippen LogP contribution in [0.25, 0.3) is 22.5 Å². The van der Waals surface area contributed by atoms with Gasteiger partial charge in [0.2, 0.25) is 6.33 Å². The third kappa shape index (κ3) is 3.25. The summed E-state index contributed by atoms with van der Waals surface area (Å²) in [6.45, 7) is 6.17. The highest BCUT2D eigenvalue weighted by atomic mass is 16.5. The first kappa shape index (κ1) is 17.1. The second-order valence-corrected chi connectivity index (χ2v) is 5.84. The lowest BCUT2D eigenvalue weighted by Crippen LogP contribution is -2.32. The van der Waals surface area contributed by atoms with Gasteiger partial charge in [-0.25, -0.2) is 9.13 Å². The number of nitrogens with zero attached hydrogens (tertiary/aromatic N) is 2. The van der Waals surface area contributed by atoms with E-state index in [1.165, 1.54) is 22.5 Å². The molecule has 2 aromatic carbocycles. The predicted octanol–water partition coefficient (Wildman–Crippen LogP) is 4.17. The molecule has 0 aliphatic carbocycles. The van der Waals surface area contributed by atoms with Crippen molar-refractivity contribution in [3.8, 4) is 34.0 Å². The minimum absolute atomic E-state index is 0.868. The Balaban J connectivity index is 2.19. The summed E-state index contributed by atoms with van der Waals surface area (Å²) in [5, 5.41) is 0. The van der Waals surface area contributed by atoms with Crippen LogP contribution in [0.15, 0.2) is 54.9 Å². The number of imidazole rings is 1. The molecular formula is C21H25N2O2+. The van der Waals surface area contributed by atoms with Crippen molar-refractivity contribution in [2.75, 3.05) is 14.2 Å². The standard InChI is InChI=1S/C21H25N2O2/c1-5-22-15-23(6-2)21(17-9-13-19(25-4)14-10-17)20(22)16-7-11-18(24-3)12-8-16/h7-15H,5-6H2,1-4H3/q+1. The lowest BCUT2D eigenvalue weighted by Gasteiger charge is -2.07. The molecule has 0 atom stereocenters. The smallest absolute Gasteiger partial charge is 0.244 e. The Hall–Kier alpha value is -2.75. The van der Waals surface area contributed by atoms with Gasteiger partial charge in [-0.15, -0.1) is 0 Å². The summed E-state index contributed by atoms with van der Waals surface area (Å²) in [6, 6.07) is 16.5. The fourth-order valence-electron chi connectivity index (χ4n) is 3.14. The summed E-state index contributed by atoms with van der Waals surface area (Å²) < 4.78 is 15.2. The van der Waals surface area contributed by atoms with Gasteiger partial charge >= 0.3 is 0 Å². The Morgan fingerprint density at radius 3 is 1.76 bits per heavy atom. The van der Waals surface area contributed by atoms with Crippen molar-refractivity contribution in [2.45, 2.75) is 26.9 Å². The molecule has 3 rings (SSSR count). The number of hydrogen-bond donors (Lipinski definition) is 0. The first-order valence-corrected chi connectivity index (χ1v) is 8.63. The molecule has 1 aromatic heterocycles. The van der Waals surface area contributed by atoms with Gasteiger partial charge in [0.1, 0.15) is 11.5 Å². The third-order valence-electron chi connectivity index (χ3n) is 4.49. The van der Waals surface area contributed by atoms with Gasteiger partial charge < -0.3 is 9.47 Å². The number of methoxy groups -OCH3 is 2. The summed E-state index contributed by atoms with van der Waals surface area (Å²) in [5.74, 6) is 1.74. The quantitative estimate of drug-likeness (QED) is 0.631. The van der Waals surface area contributed by atoms with E-state index in [1.54, 1.807) is 14.2 Å². The van der Waals surface area contributed by atoms with Gasteiger partial charge in [-0.1, -0.05) is 0 Å². The zero-order chi connectivity index (χ0) is 17.8. The lowest BCUT2D eigenvalue weighted by molar-refractivity contribution is -0.682. The molecule has 0 spiro atoms. The van der Waals surface area contributed by atoms with Crippen molar-refractivity contribution in [3.05, 3.63) is 54.9 Å². The van der Waals surface area contributed by atoms with Crippen LogP contribution in [0.2, 0.25) is 0 Å². The van der Waals surface area contributed by atoms with Crippen LogP contribution < -0.4 is 14.0 Å². The molecule has 4 nitrogen and oxygen atoms in total. The van der Waals surface area contributed by atoms with Gasteiger partial charge in [-0.2, -0.15) is 0 Å². The Labute approximate surface area is 149 Å². The molecule has 0 saturated heterocycles. The van der Waals surface area contributed by atoms with E-state index in [9.17, 15) is 0 Å². The van der Waals surface area contributed by atoms with Crippen LogP contribution in [-0.2, 0) is 13.1 Å². The zero-order valence-electron chi connectivity index (χ0n) is 15.3.